The summed E-state index contributed by atoms with van der Waals surface area (Å²) in [6.07, 6.45) is 6.30. The van der Waals surface area contributed by atoms with Crippen LogP contribution in [0.25, 0.3) is 0 Å². The fourth-order valence-electron chi connectivity index (χ4n) is 3.43. The molecule has 1 amide bonds. The van der Waals surface area contributed by atoms with Crippen LogP contribution in [0.15, 0.2) is 12.4 Å². The number of amides is 1. The predicted molar refractivity (Wildman–Crippen MR) is 92.2 cm³/mol. The molecule has 2 fully saturated rings. The summed E-state index contributed by atoms with van der Waals surface area (Å²) in [7, 11) is 5.93. The lowest BCUT2D eigenvalue weighted by Gasteiger charge is -2.31. The topological polar surface area (TPSA) is 61.8 Å². The molecule has 0 radical (unpaired) electrons. The summed E-state index contributed by atoms with van der Waals surface area (Å²) in [5.41, 5.74) is 0. The van der Waals surface area contributed by atoms with Crippen molar-refractivity contribution in [1.29, 1.82) is 0 Å². The van der Waals surface area contributed by atoms with Crippen LogP contribution in [0.2, 0.25) is 0 Å². The highest BCUT2D eigenvalue weighted by Gasteiger charge is 2.33. The van der Waals surface area contributed by atoms with E-state index in [1.165, 1.54) is 0 Å². The number of carbonyl (C=O) groups excluding carboxylic acids is 1. The van der Waals surface area contributed by atoms with Crippen molar-refractivity contribution in [3.05, 3.63) is 12.4 Å². The van der Waals surface area contributed by atoms with Gasteiger partial charge >= 0.3 is 0 Å². The van der Waals surface area contributed by atoms with E-state index >= 15 is 0 Å². The minimum absolute atomic E-state index is 0.00184. The van der Waals surface area contributed by atoms with E-state index in [-0.39, 0.29) is 17.9 Å². The fourth-order valence-corrected chi connectivity index (χ4v) is 3.43. The van der Waals surface area contributed by atoms with Gasteiger partial charge < -0.3 is 19.4 Å². The summed E-state index contributed by atoms with van der Waals surface area (Å²) < 4.78 is 5.95. The van der Waals surface area contributed by atoms with Crippen molar-refractivity contribution < 1.29 is 9.53 Å². The first-order valence-corrected chi connectivity index (χ1v) is 8.66. The molecular formula is C17H27N5O2. The molecule has 7 heteroatoms. The van der Waals surface area contributed by atoms with E-state index in [1.807, 2.05) is 23.9 Å². The maximum absolute atomic E-state index is 12.7. The monoisotopic (exact) mass is 333 g/mol. The molecule has 7 nitrogen and oxygen atoms in total. The highest BCUT2D eigenvalue weighted by molar-refractivity contribution is 5.79. The second-order valence-electron chi connectivity index (χ2n) is 7.02. The second kappa shape index (κ2) is 7.34. The SMILES string of the molecule is CN1CCC[C@@H](C(=O)N2CC[C@H](Oc3cncc(N(C)C)n3)C2)C1. The van der Waals surface area contributed by atoms with Gasteiger partial charge in [-0.25, -0.2) is 0 Å². The van der Waals surface area contributed by atoms with Crippen molar-refractivity contribution in [2.45, 2.75) is 25.4 Å². The van der Waals surface area contributed by atoms with Gasteiger partial charge in [0.15, 0.2) is 5.82 Å². The van der Waals surface area contributed by atoms with Crippen LogP contribution in [-0.4, -0.2) is 79.1 Å². The minimum Gasteiger partial charge on any atom is -0.471 e. The molecule has 2 aliphatic heterocycles. The first-order valence-electron chi connectivity index (χ1n) is 8.66. The number of rotatable bonds is 4. The number of ether oxygens (including phenoxy) is 1. The molecule has 1 aromatic rings. The van der Waals surface area contributed by atoms with Crippen LogP contribution in [0.1, 0.15) is 19.3 Å². The van der Waals surface area contributed by atoms with Crippen LogP contribution in [-0.2, 0) is 4.79 Å². The fraction of sp³-hybridized carbons (Fsp3) is 0.706. The first kappa shape index (κ1) is 17.0. The molecule has 0 unspecified atom stereocenters. The molecule has 0 saturated carbocycles. The van der Waals surface area contributed by atoms with Gasteiger partial charge in [-0.1, -0.05) is 0 Å². The van der Waals surface area contributed by atoms with Crippen molar-refractivity contribution >= 4 is 11.7 Å². The molecule has 0 spiro atoms. The van der Waals surface area contributed by atoms with Crippen LogP contribution in [0.5, 0.6) is 5.88 Å². The van der Waals surface area contributed by atoms with Crippen LogP contribution in [0.3, 0.4) is 0 Å². The van der Waals surface area contributed by atoms with Gasteiger partial charge in [-0.15, -0.1) is 0 Å². The Balaban J connectivity index is 1.55. The van der Waals surface area contributed by atoms with Gasteiger partial charge in [-0.3, -0.25) is 9.78 Å². The number of piperidine rings is 1. The summed E-state index contributed by atoms with van der Waals surface area (Å²) in [6.45, 7) is 3.38. The number of hydrogen-bond donors (Lipinski definition) is 0. The highest BCUT2D eigenvalue weighted by atomic mass is 16.5. The van der Waals surface area contributed by atoms with E-state index < -0.39 is 0 Å². The van der Waals surface area contributed by atoms with Crippen LogP contribution < -0.4 is 9.64 Å². The number of nitrogens with zero attached hydrogens (tertiary/aromatic N) is 5. The highest BCUT2D eigenvalue weighted by Crippen LogP contribution is 2.23. The van der Waals surface area contributed by atoms with Crippen molar-refractivity contribution in [2.75, 3.05) is 52.2 Å². The first-order chi connectivity index (χ1) is 11.5. The van der Waals surface area contributed by atoms with E-state index in [0.717, 1.165) is 44.7 Å². The summed E-state index contributed by atoms with van der Waals surface area (Å²) in [5, 5.41) is 0. The van der Waals surface area contributed by atoms with E-state index in [4.69, 9.17) is 4.74 Å². The molecule has 2 aliphatic rings. The number of likely N-dealkylation sites (tertiary alicyclic amines) is 2. The Morgan fingerprint density at radius 3 is 2.83 bits per heavy atom. The molecule has 3 heterocycles. The van der Waals surface area contributed by atoms with E-state index in [2.05, 4.69) is 21.9 Å². The zero-order valence-electron chi connectivity index (χ0n) is 14.8. The van der Waals surface area contributed by atoms with Crippen LogP contribution in [0.4, 0.5) is 5.82 Å². The lowest BCUT2D eigenvalue weighted by molar-refractivity contribution is -0.136. The average molecular weight is 333 g/mol. The third-order valence-electron chi connectivity index (χ3n) is 4.78. The molecule has 0 aromatic carbocycles. The third-order valence-corrected chi connectivity index (χ3v) is 4.78. The molecule has 0 aliphatic carbocycles. The lowest BCUT2D eigenvalue weighted by Crippen LogP contribution is -2.43. The van der Waals surface area contributed by atoms with Gasteiger partial charge in [-0.2, -0.15) is 4.98 Å². The molecule has 132 valence electrons. The normalized spacial score (nSPS) is 24.9. The second-order valence-corrected chi connectivity index (χ2v) is 7.02. The molecule has 1 aromatic heterocycles. The zero-order valence-corrected chi connectivity index (χ0v) is 14.8. The van der Waals surface area contributed by atoms with Crippen LogP contribution >= 0.6 is 0 Å². The smallest absolute Gasteiger partial charge is 0.234 e. The summed E-state index contributed by atoms with van der Waals surface area (Å²) >= 11 is 0. The van der Waals surface area contributed by atoms with Crippen LogP contribution in [0, 0.1) is 5.92 Å². The van der Waals surface area contributed by atoms with Gasteiger partial charge in [0.25, 0.3) is 0 Å². The molecule has 3 rings (SSSR count). The Morgan fingerprint density at radius 2 is 2.08 bits per heavy atom. The standard InChI is InChI=1S/C17H27N5O2/c1-20(2)15-9-18-10-16(19-15)24-14-6-8-22(12-14)17(23)13-5-4-7-21(3)11-13/h9-10,13-14H,4-8,11-12H2,1-3H3/t13-,14+/m1/s1. The molecule has 0 bridgehead atoms. The average Bonchev–Trinajstić information content (AvgIpc) is 3.03. The Kier molecular flexibility index (Phi) is 5.18. The maximum Gasteiger partial charge on any atom is 0.234 e. The minimum atomic E-state index is 0.00184. The molecule has 24 heavy (non-hydrogen) atoms. The van der Waals surface area contributed by atoms with Crippen molar-refractivity contribution in [3.63, 3.8) is 0 Å². The number of carbonyl (C=O) groups is 1. The summed E-state index contributed by atoms with van der Waals surface area (Å²) in [5.74, 6) is 1.71. The third kappa shape index (κ3) is 3.95. The Morgan fingerprint density at radius 1 is 1.25 bits per heavy atom. The zero-order chi connectivity index (χ0) is 17.1. The molecule has 2 atom stereocenters. The van der Waals surface area contributed by atoms with Crippen molar-refractivity contribution in [1.82, 2.24) is 19.8 Å². The largest absolute Gasteiger partial charge is 0.471 e. The van der Waals surface area contributed by atoms with Gasteiger partial charge in [0.2, 0.25) is 11.8 Å². The Hall–Kier alpha value is -1.89. The van der Waals surface area contributed by atoms with Crippen molar-refractivity contribution in [2.24, 2.45) is 5.92 Å². The van der Waals surface area contributed by atoms with E-state index in [0.29, 0.717) is 12.4 Å². The maximum atomic E-state index is 12.7. The van der Waals surface area contributed by atoms with E-state index in [1.54, 1.807) is 12.4 Å². The van der Waals surface area contributed by atoms with Gasteiger partial charge in [0.1, 0.15) is 6.10 Å². The van der Waals surface area contributed by atoms with Crippen molar-refractivity contribution in [3.8, 4) is 5.88 Å². The van der Waals surface area contributed by atoms with E-state index in [9.17, 15) is 4.79 Å². The number of aromatic nitrogens is 2. The molecule has 2 saturated heterocycles. The van der Waals surface area contributed by atoms with Gasteiger partial charge in [0.05, 0.1) is 24.9 Å². The van der Waals surface area contributed by atoms with Gasteiger partial charge in [0, 0.05) is 33.6 Å². The molecule has 0 N–H and O–H groups in total. The summed E-state index contributed by atoms with van der Waals surface area (Å²) in [6, 6.07) is 0. The Labute approximate surface area is 143 Å². The lowest BCUT2D eigenvalue weighted by atomic mass is 9.97. The number of hydrogen-bond acceptors (Lipinski definition) is 6. The number of anilines is 1. The Bertz CT molecular complexity index is 580. The quantitative estimate of drug-likeness (QED) is 0.815. The van der Waals surface area contributed by atoms with Gasteiger partial charge in [-0.05, 0) is 26.4 Å². The molecular weight excluding hydrogens is 306 g/mol. The predicted octanol–water partition coefficient (Wildman–Crippen LogP) is 0.864. The summed E-state index contributed by atoms with van der Waals surface area (Å²) in [4.78, 5) is 27.4.